The van der Waals surface area contributed by atoms with Crippen LogP contribution in [0.4, 0.5) is 0 Å². The van der Waals surface area contributed by atoms with Gasteiger partial charge in [-0.1, -0.05) is 60.7 Å². The Kier molecular flexibility index (Phi) is 4.01. The van der Waals surface area contributed by atoms with E-state index in [0.717, 1.165) is 0 Å². The summed E-state index contributed by atoms with van der Waals surface area (Å²) in [5.74, 6) is 0. The lowest BCUT2D eigenvalue weighted by Gasteiger charge is -2.19. The highest BCUT2D eigenvalue weighted by molar-refractivity contribution is 7.85. The summed E-state index contributed by atoms with van der Waals surface area (Å²) in [6.45, 7) is 1.79. The average Bonchev–Trinajstić information content (AvgIpc) is 2.59. The number of benzene rings is 2. The third-order valence-corrected chi connectivity index (χ3v) is 6.79. The molecule has 0 aliphatic rings. The van der Waals surface area contributed by atoms with Gasteiger partial charge >= 0.3 is 0 Å². The molecular weight excluding hydrogens is 307 g/mol. The van der Waals surface area contributed by atoms with Crippen LogP contribution in [0.5, 0.6) is 0 Å². The van der Waals surface area contributed by atoms with Gasteiger partial charge in [-0.15, -0.1) is 0 Å². The lowest BCUT2D eigenvalue weighted by atomic mass is 10.4. The molecule has 0 amide bonds. The number of hydrogen-bond donors (Lipinski definition) is 0. The summed E-state index contributed by atoms with van der Waals surface area (Å²) >= 11 is 0. The first-order chi connectivity index (χ1) is 11.0. The summed E-state index contributed by atoms with van der Waals surface area (Å²) in [7, 11) is -1.66. The number of nitrogens with zero attached hydrogens (tertiary/aromatic N) is 2. The molecule has 0 aliphatic carbocycles. The van der Waals surface area contributed by atoms with Crippen LogP contribution in [-0.4, -0.2) is 9.78 Å². The average molecular weight is 324 g/mol. The van der Waals surface area contributed by atoms with Crippen LogP contribution in [0, 0.1) is 6.92 Å². The zero-order valence-corrected chi connectivity index (χ0v) is 13.9. The molecule has 4 nitrogen and oxygen atoms in total. The van der Waals surface area contributed by atoms with Gasteiger partial charge in [-0.05, 0) is 13.0 Å². The monoisotopic (exact) mass is 324 g/mol. The number of hydrogen-bond acceptors (Lipinski definition) is 3. The summed E-state index contributed by atoms with van der Waals surface area (Å²) in [6.07, 6.45) is 0. The Morgan fingerprint density at radius 1 is 0.913 bits per heavy atom. The van der Waals surface area contributed by atoms with E-state index in [1.165, 1.54) is 4.68 Å². The van der Waals surface area contributed by atoms with E-state index in [4.69, 9.17) is 0 Å². The van der Waals surface area contributed by atoms with Crippen molar-refractivity contribution in [2.24, 2.45) is 7.05 Å². The van der Waals surface area contributed by atoms with Gasteiger partial charge in [0.2, 0.25) is 0 Å². The van der Waals surface area contributed by atoms with Crippen molar-refractivity contribution < 1.29 is 4.57 Å². The van der Waals surface area contributed by atoms with Gasteiger partial charge in [-0.25, -0.2) is 4.68 Å². The predicted octanol–water partition coefficient (Wildman–Crippen LogP) is 1.73. The van der Waals surface area contributed by atoms with Crippen LogP contribution in [0.25, 0.3) is 0 Å². The summed E-state index contributed by atoms with van der Waals surface area (Å²) in [5.41, 5.74) is 0.334. The maximum absolute atomic E-state index is 14.1. The molecule has 3 rings (SSSR count). The predicted molar refractivity (Wildman–Crippen MR) is 93.6 cm³/mol. The quantitative estimate of drug-likeness (QED) is 0.690. The van der Waals surface area contributed by atoms with Gasteiger partial charge in [-0.2, -0.15) is 5.10 Å². The molecule has 116 valence electrons. The second-order valence-corrected chi connectivity index (χ2v) is 8.11. The van der Waals surface area contributed by atoms with Crippen LogP contribution in [0.15, 0.2) is 71.5 Å². The molecule has 1 aromatic heterocycles. The number of aryl methyl sites for hydroxylation is 2. The maximum atomic E-state index is 14.1. The van der Waals surface area contributed by atoms with Crippen molar-refractivity contribution in [3.63, 3.8) is 0 Å². The molecule has 3 aromatic rings. The Morgan fingerprint density at radius 2 is 1.39 bits per heavy atom. The summed E-state index contributed by atoms with van der Waals surface area (Å²) < 4.78 is 15.4. The molecule has 0 unspecified atom stereocenters. The second kappa shape index (κ2) is 5.98. The highest BCUT2D eigenvalue weighted by Gasteiger charge is 2.32. The second-order valence-electron chi connectivity index (χ2n) is 5.38. The van der Waals surface area contributed by atoms with Gasteiger partial charge in [-0.3, -0.25) is 4.79 Å². The van der Waals surface area contributed by atoms with E-state index in [2.05, 4.69) is 5.10 Å². The third-order valence-electron chi connectivity index (χ3n) is 3.75. The standard InChI is InChI=1S/C18H17N2O2P/c1-14-13-17(18(21)20(2)19-14)23(22,15-9-5-3-6-10-15)16-11-7-4-8-12-16/h3-13H,1-2H3. The van der Waals surface area contributed by atoms with E-state index in [9.17, 15) is 9.36 Å². The molecule has 0 aliphatic heterocycles. The van der Waals surface area contributed by atoms with Crippen LogP contribution in [0.3, 0.4) is 0 Å². The summed E-state index contributed by atoms with van der Waals surface area (Å²) in [6, 6.07) is 20.0. The number of rotatable bonds is 3. The zero-order chi connectivity index (χ0) is 16.4. The zero-order valence-electron chi connectivity index (χ0n) is 13.0. The van der Waals surface area contributed by atoms with Crippen LogP contribution in [0.1, 0.15) is 5.69 Å². The molecule has 0 spiro atoms. The van der Waals surface area contributed by atoms with Crippen molar-refractivity contribution in [3.05, 3.63) is 82.8 Å². The topological polar surface area (TPSA) is 52.0 Å². The lowest BCUT2D eigenvalue weighted by molar-refractivity contribution is 0.591. The van der Waals surface area contributed by atoms with E-state index < -0.39 is 7.14 Å². The Labute approximate surface area is 134 Å². The molecule has 5 heteroatoms. The van der Waals surface area contributed by atoms with Crippen molar-refractivity contribution in [1.82, 2.24) is 9.78 Å². The molecule has 0 bridgehead atoms. The minimum Gasteiger partial charge on any atom is -0.308 e. The molecule has 0 fully saturated rings. The molecule has 23 heavy (non-hydrogen) atoms. The van der Waals surface area contributed by atoms with E-state index in [1.807, 2.05) is 60.7 Å². The molecule has 0 saturated carbocycles. The maximum Gasteiger partial charge on any atom is 0.277 e. The Bertz CT molecular complexity index is 891. The molecule has 0 saturated heterocycles. The first-order valence-electron chi connectivity index (χ1n) is 7.30. The van der Waals surface area contributed by atoms with E-state index in [-0.39, 0.29) is 5.56 Å². The minimum absolute atomic E-state index is 0.296. The molecule has 1 heterocycles. The first-order valence-corrected chi connectivity index (χ1v) is 9.01. The molecule has 2 aromatic carbocycles. The third kappa shape index (κ3) is 2.66. The van der Waals surface area contributed by atoms with Gasteiger partial charge < -0.3 is 4.57 Å². The van der Waals surface area contributed by atoms with E-state index >= 15 is 0 Å². The van der Waals surface area contributed by atoms with Crippen LogP contribution in [-0.2, 0) is 11.6 Å². The first kappa shape index (κ1) is 15.4. The van der Waals surface area contributed by atoms with E-state index in [1.54, 1.807) is 20.0 Å². The fourth-order valence-electron chi connectivity index (χ4n) is 2.66. The molecule has 0 radical (unpaired) electrons. The fraction of sp³-hybridized carbons (Fsp3) is 0.111. The van der Waals surface area contributed by atoms with Crippen LogP contribution in [0.2, 0.25) is 0 Å². The van der Waals surface area contributed by atoms with Crippen LogP contribution < -0.4 is 21.5 Å². The fourth-order valence-corrected chi connectivity index (χ4v) is 5.49. The van der Waals surface area contributed by atoms with Gasteiger partial charge in [0, 0.05) is 17.7 Å². The van der Waals surface area contributed by atoms with Crippen molar-refractivity contribution >= 4 is 23.1 Å². The van der Waals surface area contributed by atoms with Crippen LogP contribution >= 0.6 is 7.14 Å². The molecular formula is C18H17N2O2P. The largest absolute Gasteiger partial charge is 0.308 e. The highest BCUT2D eigenvalue weighted by Crippen LogP contribution is 2.40. The minimum atomic E-state index is -3.24. The smallest absolute Gasteiger partial charge is 0.277 e. The van der Waals surface area contributed by atoms with Gasteiger partial charge in [0.25, 0.3) is 5.56 Å². The van der Waals surface area contributed by atoms with E-state index in [0.29, 0.717) is 21.6 Å². The molecule has 0 atom stereocenters. The van der Waals surface area contributed by atoms with Crippen molar-refractivity contribution in [1.29, 1.82) is 0 Å². The Balaban J connectivity index is 2.40. The lowest BCUT2D eigenvalue weighted by Crippen LogP contribution is -2.40. The SMILES string of the molecule is Cc1cc(P(=O)(c2ccccc2)c2ccccc2)c(=O)n(C)n1. The number of aromatic nitrogens is 2. The Hall–Kier alpha value is -2.45. The summed E-state index contributed by atoms with van der Waals surface area (Å²) in [5, 5.41) is 5.71. The van der Waals surface area contributed by atoms with Crippen molar-refractivity contribution in [2.45, 2.75) is 6.92 Å². The van der Waals surface area contributed by atoms with Gasteiger partial charge in [0.15, 0.2) is 7.14 Å². The molecule has 0 N–H and O–H groups in total. The Morgan fingerprint density at radius 3 is 1.87 bits per heavy atom. The van der Waals surface area contributed by atoms with Crippen molar-refractivity contribution in [2.75, 3.05) is 0 Å². The van der Waals surface area contributed by atoms with Gasteiger partial charge in [0.1, 0.15) is 0 Å². The normalized spacial score (nSPS) is 11.4. The highest BCUT2D eigenvalue weighted by atomic mass is 31.2. The van der Waals surface area contributed by atoms with Gasteiger partial charge in [0.05, 0.1) is 11.0 Å². The van der Waals surface area contributed by atoms with Crippen molar-refractivity contribution in [3.8, 4) is 0 Å². The summed E-state index contributed by atoms with van der Waals surface area (Å²) in [4.78, 5) is 12.6.